The summed E-state index contributed by atoms with van der Waals surface area (Å²) in [5, 5.41) is 7.52. The molecule has 6 nitrogen and oxygen atoms in total. The van der Waals surface area contributed by atoms with Gasteiger partial charge in [-0.2, -0.15) is 5.10 Å². The molecule has 2 heterocycles. The number of nitrogens with one attached hydrogen (secondary N) is 1. The number of hydrogen-bond donors (Lipinski definition) is 1. The van der Waals surface area contributed by atoms with Gasteiger partial charge in [0.25, 0.3) is 0 Å². The van der Waals surface area contributed by atoms with E-state index in [9.17, 15) is 0 Å². The third-order valence-corrected chi connectivity index (χ3v) is 2.36. The van der Waals surface area contributed by atoms with Crippen LogP contribution >= 0.6 is 0 Å². The van der Waals surface area contributed by atoms with E-state index in [4.69, 9.17) is 4.74 Å². The van der Waals surface area contributed by atoms with Gasteiger partial charge in [0.1, 0.15) is 5.69 Å². The van der Waals surface area contributed by atoms with Crippen molar-refractivity contribution >= 4 is 5.95 Å². The first-order valence-corrected chi connectivity index (χ1v) is 5.32. The predicted molar refractivity (Wildman–Crippen MR) is 63.8 cm³/mol. The molecule has 1 N–H and O–H groups in total. The van der Waals surface area contributed by atoms with E-state index in [2.05, 4.69) is 20.4 Å². The van der Waals surface area contributed by atoms with Crippen molar-refractivity contribution < 1.29 is 4.74 Å². The Bertz CT molecular complexity index is 482. The van der Waals surface area contributed by atoms with Crippen LogP contribution in [0.5, 0.6) is 5.75 Å². The largest absolute Gasteiger partial charge is 0.493 e. The molecule has 2 rings (SSSR count). The SMILES string of the molecule is COc1cn(C)nc1C(C)Nc1ncccn1. The molecule has 0 aliphatic carbocycles. The highest BCUT2D eigenvalue weighted by molar-refractivity contribution is 5.34. The average Bonchev–Trinajstić information content (AvgIpc) is 2.72. The van der Waals surface area contributed by atoms with E-state index in [1.807, 2.05) is 20.2 Å². The molecule has 1 unspecified atom stereocenters. The molecule has 0 saturated heterocycles. The number of rotatable bonds is 4. The van der Waals surface area contributed by atoms with Crippen LogP contribution in [-0.2, 0) is 7.05 Å². The third kappa shape index (κ3) is 2.52. The third-order valence-electron chi connectivity index (χ3n) is 2.36. The summed E-state index contributed by atoms with van der Waals surface area (Å²) in [7, 11) is 3.49. The van der Waals surface area contributed by atoms with Crippen LogP contribution in [0.3, 0.4) is 0 Å². The van der Waals surface area contributed by atoms with Gasteiger partial charge in [0, 0.05) is 19.4 Å². The van der Waals surface area contributed by atoms with Gasteiger partial charge in [-0.25, -0.2) is 9.97 Å². The highest BCUT2D eigenvalue weighted by Crippen LogP contribution is 2.24. The summed E-state index contributed by atoms with van der Waals surface area (Å²) in [4.78, 5) is 8.22. The summed E-state index contributed by atoms with van der Waals surface area (Å²) in [6.07, 6.45) is 5.22. The van der Waals surface area contributed by atoms with Gasteiger partial charge in [-0.1, -0.05) is 0 Å². The normalized spacial score (nSPS) is 12.2. The van der Waals surface area contributed by atoms with E-state index in [0.29, 0.717) is 5.95 Å². The lowest BCUT2D eigenvalue weighted by molar-refractivity contribution is 0.407. The molecule has 0 spiro atoms. The van der Waals surface area contributed by atoms with Crippen LogP contribution in [0.4, 0.5) is 5.95 Å². The molecule has 2 aromatic heterocycles. The zero-order valence-corrected chi connectivity index (χ0v) is 10.1. The Morgan fingerprint density at radius 2 is 2.06 bits per heavy atom. The molecule has 17 heavy (non-hydrogen) atoms. The standard InChI is InChI=1S/C11H15N5O/c1-8(14-11-12-5-4-6-13-11)10-9(17-3)7-16(2)15-10/h4-8H,1-3H3,(H,12,13,14). The van der Waals surface area contributed by atoms with Crippen molar-refractivity contribution in [3.05, 3.63) is 30.4 Å². The van der Waals surface area contributed by atoms with Crippen LogP contribution in [0.15, 0.2) is 24.7 Å². The summed E-state index contributed by atoms with van der Waals surface area (Å²) in [5.74, 6) is 1.33. The Hall–Kier alpha value is -2.11. The fraction of sp³-hybridized carbons (Fsp3) is 0.364. The van der Waals surface area contributed by atoms with Crippen molar-refractivity contribution in [3.8, 4) is 5.75 Å². The van der Waals surface area contributed by atoms with Gasteiger partial charge < -0.3 is 10.1 Å². The molecule has 0 amide bonds. The first kappa shape index (κ1) is 11.4. The molecule has 1 atom stereocenters. The van der Waals surface area contributed by atoms with E-state index >= 15 is 0 Å². The predicted octanol–water partition coefficient (Wildman–Crippen LogP) is 1.39. The number of aromatic nitrogens is 4. The lowest BCUT2D eigenvalue weighted by Crippen LogP contribution is -2.11. The smallest absolute Gasteiger partial charge is 0.223 e. The lowest BCUT2D eigenvalue weighted by atomic mass is 10.2. The Labute approximate surface area is 99.7 Å². The number of anilines is 1. The van der Waals surface area contributed by atoms with Crippen molar-refractivity contribution in [2.24, 2.45) is 7.05 Å². The molecule has 0 saturated carbocycles. The molecule has 0 bridgehead atoms. The van der Waals surface area contributed by atoms with E-state index < -0.39 is 0 Å². The van der Waals surface area contributed by atoms with Gasteiger partial charge in [0.2, 0.25) is 5.95 Å². The highest BCUT2D eigenvalue weighted by Gasteiger charge is 2.16. The Morgan fingerprint density at radius 1 is 1.35 bits per heavy atom. The molecule has 0 radical (unpaired) electrons. The second-order valence-electron chi connectivity index (χ2n) is 3.69. The van der Waals surface area contributed by atoms with Crippen LogP contribution in [0, 0.1) is 0 Å². The van der Waals surface area contributed by atoms with Crippen molar-refractivity contribution in [3.63, 3.8) is 0 Å². The van der Waals surface area contributed by atoms with Crippen molar-refractivity contribution in [2.75, 3.05) is 12.4 Å². The van der Waals surface area contributed by atoms with Gasteiger partial charge in [-0.3, -0.25) is 4.68 Å². The second-order valence-corrected chi connectivity index (χ2v) is 3.69. The van der Waals surface area contributed by atoms with Crippen LogP contribution in [-0.4, -0.2) is 26.9 Å². The van der Waals surface area contributed by atoms with Crippen LogP contribution < -0.4 is 10.1 Å². The zero-order chi connectivity index (χ0) is 12.3. The average molecular weight is 233 g/mol. The minimum Gasteiger partial charge on any atom is -0.493 e. The van der Waals surface area contributed by atoms with Crippen molar-refractivity contribution in [2.45, 2.75) is 13.0 Å². The molecule has 6 heteroatoms. The molecule has 2 aromatic rings. The Kier molecular flexibility index (Phi) is 3.22. The highest BCUT2D eigenvalue weighted by atomic mass is 16.5. The number of aryl methyl sites for hydroxylation is 1. The molecular weight excluding hydrogens is 218 g/mol. The second kappa shape index (κ2) is 4.82. The van der Waals surface area contributed by atoms with Gasteiger partial charge in [-0.05, 0) is 13.0 Å². The minimum absolute atomic E-state index is 0.0199. The van der Waals surface area contributed by atoms with Crippen molar-refractivity contribution in [1.29, 1.82) is 0 Å². The van der Waals surface area contributed by atoms with E-state index in [0.717, 1.165) is 11.4 Å². The lowest BCUT2D eigenvalue weighted by Gasteiger charge is -2.12. The number of nitrogens with zero attached hydrogens (tertiary/aromatic N) is 4. The zero-order valence-electron chi connectivity index (χ0n) is 10.1. The molecule has 0 aromatic carbocycles. The number of hydrogen-bond acceptors (Lipinski definition) is 5. The molecule has 0 fully saturated rings. The first-order chi connectivity index (χ1) is 8.20. The van der Waals surface area contributed by atoms with E-state index in [-0.39, 0.29) is 6.04 Å². The maximum Gasteiger partial charge on any atom is 0.223 e. The summed E-state index contributed by atoms with van der Waals surface area (Å²) < 4.78 is 6.98. The Morgan fingerprint density at radius 3 is 2.71 bits per heavy atom. The monoisotopic (exact) mass is 233 g/mol. The summed E-state index contributed by atoms with van der Waals surface area (Å²) in [6.45, 7) is 1.99. The number of methoxy groups -OCH3 is 1. The summed E-state index contributed by atoms with van der Waals surface area (Å²) >= 11 is 0. The first-order valence-electron chi connectivity index (χ1n) is 5.32. The molecule has 0 aliphatic heterocycles. The van der Waals surface area contributed by atoms with E-state index in [1.165, 1.54) is 0 Å². The minimum atomic E-state index is -0.0199. The quantitative estimate of drug-likeness (QED) is 0.864. The van der Waals surface area contributed by atoms with Gasteiger partial charge in [-0.15, -0.1) is 0 Å². The van der Waals surface area contributed by atoms with Gasteiger partial charge in [0.15, 0.2) is 5.75 Å². The fourth-order valence-corrected chi connectivity index (χ4v) is 1.58. The molecule has 0 aliphatic rings. The summed E-state index contributed by atoms with van der Waals surface area (Å²) in [6, 6.07) is 1.76. The van der Waals surface area contributed by atoms with Crippen LogP contribution in [0.2, 0.25) is 0 Å². The van der Waals surface area contributed by atoms with Crippen LogP contribution in [0.25, 0.3) is 0 Å². The number of ether oxygens (including phenoxy) is 1. The van der Waals surface area contributed by atoms with E-state index in [1.54, 1.807) is 30.3 Å². The van der Waals surface area contributed by atoms with Crippen LogP contribution in [0.1, 0.15) is 18.7 Å². The fourth-order valence-electron chi connectivity index (χ4n) is 1.58. The van der Waals surface area contributed by atoms with Gasteiger partial charge in [0.05, 0.1) is 19.3 Å². The Balaban J connectivity index is 2.17. The molecule has 90 valence electrons. The maximum atomic E-state index is 5.26. The summed E-state index contributed by atoms with van der Waals surface area (Å²) in [5.41, 5.74) is 0.836. The van der Waals surface area contributed by atoms with Gasteiger partial charge >= 0.3 is 0 Å². The topological polar surface area (TPSA) is 64.9 Å². The van der Waals surface area contributed by atoms with Crippen molar-refractivity contribution in [1.82, 2.24) is 19.7 Å². The maximum absolute atomic E-state index is 5.26. The molecular formula is C11H15N5O.